The van der Waals surface area contributed by atoms with Crippen LogP contribution in [0.5, 0.6) is 0 Å². The Hall–Kier alpha value is -3.39. The molecule has 0 heterocycles. The summed E-state index contributed by atoms with van der Waals surface area (Å²) < 4.78 is 5.49. The molecule has 3 rings (SSSR count). The number of aliphatic carboxylic acids is 1. The highest BCUT2D eigenvalue weighted by Crippen LogP contribution is 2.44. The van der Waals surface area contributed by atoms with E-state index in [0.29, 0.717) is 0 Å². The van der Waals surface area contributed by atoms with Crippen LogP contribution in [0.3, 0.4) is 0 Å². The number of rotatable bonds is 9. The predicted octanol–water partition coefficient (Wildman–Crippen LogP) is 2.75. The maximum Gasteiger partial charge on any atom is 0.407 e. The van der Waals surface area contributed by atoms with Crippen LogP contribution < -0.4 is 10.6 Å². The molecular formula is C25H30N2O6. The Morgan fingerprint density at radius 3 is 2.00 bits per heavy atom. The molecule has 4 N–H and O–H groups in total. The number of carboxylic acids is 1. The number of benzene rings is 2. The first-order chi connectivity index (χ1) is 15.7. The number of ether oxygens (including phenoxy) is 1. The Bertz CT molecular complexity index is 974. The monoisotopic (exact) mass is 454 g/mol. The highest BCUT2D eigenvalue weighted by molar-refractivity contribution is 5.86. The normalized spacial score (nSPS) is 15.2. The second kappa shape index (κ2) is 10.5. The standard InChI is InChI=1S/C25H30N2O6/c1-14(2)20(23(29)27-22(15(3)28)24(30)31)12-26-25(32)33-13-21-18-10-6-4-8-16(18)17-9-5-7-11-19(17)21/h4-11,14-15,20-22,28H,12-13H2,1-3H3,(H,26,32)(H,27,29)(H,30,31). The molecule has 33 heavy (non-hydrogen) atoms. The number of alkyl carbamates (subject to hydrolysis) is 1. The second-order valence-electron chi connectivity index (χ2n) is 8.62. The highest BCUT2D eigenvalue weighted by atomic mass is 16.5. The fourth-order valence-electron chi connectivity index (χ4n) is 4.12. The highest BCUT2D eigenvalue weighted by Gasteiger charge is 2.31. The summed E-state index contributed by atoms with van der Waals surface area (Å²) >= 11 is 0. The largest absolute Gasteiger partial charge is 0.480 e. The summed E-state index contributed by atoms with van der Waals surface area (Å²) in [6, 6.07) is 14.6. The van der Waals surface area contributed by atoms with Gasteiger partial charge in [-0.05, 0) is 35.1 Å². The SMILES string of the molecule is CC(C)C(CNC(=O)OCC1c2ccccc2-c2ccccc21)C(=O)NC(C(=O)O)C(C)O. The minimum absolute atomic E-state index is 0.0215. The van der Waals surface area contributed by atoms with Crippen LogP contribution in [0.15, 0.2) is 48.5 Å². The van der Waals surface area contributed by atoms with Gasteiger partial charge in [0.2, 0.25) is 5.91 Å². The van der Waals surface area contributed by atoms with E-state index in [1.807, 2.05) is 36.4 Å². The van der Waals surface area contributed by atoms with Crippen LogP contribution in [0.1, 0.15) is 37.8 Å². The molecule has 8 nitrogen and oxygen atoms in total. The van der Waals surface area contributed by atoms with Crippen LogP contribution in [0, 0.1) is 11.8 Å². The van der Waals surface area contributed by atoms with E-state index < -0.39 is 36.0 Å². The molecule has 2 aromatic carbocycles. The minimum atomic E-state index is -1.42. The third-order valence-corrected chi connectivity index (χ3v) is 6.00. The van der Waals surface area contributed by atoms with Crippen molar-refractivity contribution in [2.45, 2.75) is 38.8 Å². The van der Waals surface area contributed by atoms with Crippen LogP contribution in [0.2, 0.25) is 0 Å². The van der Waals surface area contributed by atoms with Crippen LogP contribution in [-0.4, -0.2) is 53.5 Å². The molecule has 2 amide bonds. The lowest BCUT2D eigenvalue weighted by molar-refractivity contribution is -0.145. The van der Waals surface area contributed by atoms with Crippen molar-refractivity contribution in [2.24, 2.45) is 11.8 Å². The molecule has 3 unspecified atom stereocenters. The molecule has 0 saturated heterocycles. The molecule has 0 aromatic heterocycles. The van der Waals surface area contributed by atoms with Crippen LogP contribution in [-0.2, 0) is 14.3 Å². The van der Waals surface area contributed by atoms with Gasteiger partial charge in [-0.25, -0.2) is 9.59 Å². The Morgan fingerprint density at radius 2 is 1.52 bits per heavy atom. The van der Waals surface area contributed by atoms with Crippen molar-refractivity contribution >= 4 is 18.0 Å². The molecule has 0 spiro atoms. The first-order valence-electron chi connectivity index (χ1n) is 11.0. The number of carbonyl (C=O) groups is 3. The maximum absolute atomic E-state index is 12.6. The lowest BCUT2D eigenvalue weighted by Crippen LogP contribution is -2.52. The number of hydrogen-bond acceptors (Lipinski definition) is 5. The van der Waals surface area contributed by atoms with E-state index in [2.05, 4.69) is 22.8 Å². The van der Waals surface area contributed by atoms with Gasteiger partial charge in [-0.3, -0.25) is 4.79 Å². The van der Waals surface area contributed by atoms with Gasteiger partial charge in [-0.1, -0.05) is 62.4 Å². The predicted molar refractivity (Wildman–Crippen MR) is 123 cm³/mol. The Labute approximate surface area is 193 Å². The van der Waals surface area contributed by atoms with Crippen molar-refractivity contribution in [1.82, 2.24) is 10.6 Å². The van der Waals surface area contributed by atoms with Gasteiger partial charge in [0.15, 0.2) is 6.04 Å². The number of aliphatic hydroxyl groups excluding tert-OH is 1. The Morgan fingerprint density at radius 1 is 0.970 bits per heavy atom. The van der Waals surface area contributed by atoms with E-state index in [-0.39, 0.29) is 25.0 Å². The van der Waals surface area contributed by atoms with Crippen molar-refractivity contribution in [3.05, 3.63) is 59.7 Å². The topological polar surface area (TPSA) is 125 Å². The van der Waals surface area contributed by atoms with E-state index in [9.17, 15) is 24.6 Å². The van der Waals surface area contributed by atoms with Gasteiger partial charge in [0.25, 0.3) is 0 Å². The molecule has 1 aliphatic carbocycles. The van der Waals surface area contributed by atoms with E-state index >= 15 is 0 Å². The van der Waals surface area contributed by atoms with Crippen molar-refractivity contribution in [3.63, 3.8) is 0 Å². The van der Waals surface area contributed by atoms with E-state index in [1.54, 1.807) is 13.8 Å². The number of nitrogens with one attached hydrogen (secondary N) is 2. The van der Waals surface area contributed by atoms with Gasteiger partial charge in [-0.2, -0.15) is 0 Å². The van der Waals surface area contributed by atoms with Gasteiger partial charge < -0.3 is 25.6 Å². The molecule has 3 atom stereocenters. The number of carbonyl (C=O) groups excluding carboxylic acids is 2. The third kappa shape index (κ3) is 5.51. The smallest absolute Gasteiger partial charge is 0.407 e. The summed E-state index contributed by atoms with van der Waals surface area (Å²) in [6.07, 6.45) is -1.91. The number of fused-ring (bicyclic) bond motifs is 3. The molecule has 0 radical (unpaired) electrons. The molecule has 2 aromatic rings. The first-order valence-corrected chi connectivity index (χ1v) is 11.0. The van der Waals surface area contributed by atoms with E-state index in [4.69, 9.17) is 4.74 Å². The average molecular weight is 455 g/mol. The number of hydrogen-bond donors (Lipinski definition) is 4. The average Bonchev–Trinajstić information content (AvgIpc) is 3.09. The molecule has 1 aliphatic rings. The zero-order valence-electron chi connectivity index (χ0n) is 18.9. The maximum atomic E-state index is 12.6. The summed E-state index contributed by atoms with van der Waals surface area (Å²) in [4.78, 5) is 36.3. The molecule has 0 aliphatic heterocycles. The van der Waals surface area contributed by atoms with Gasteiger partial charge in [0.1, 0.15) is 6.61 Å². The molecule has 176 valence electrons. The summed E-state index contributed by atoms with van der Waals surface area (Å²) in [5, 5.41) is 23.7. The van der Waals surface area contributed by atoms with Crippen molar-refractivity contribution in [1.29, 1.82) is 0 Å². The molecule has 0 saturated carbocycles. The fraction of sp³-hybridized carbons (Fsp3) is 0.400. The van der Waals surface area contributed by atoms with E-state index in [0.717, 1.165) is 22.3 Å². The number of aliphatic hydroxyl groups is 1. The van der Waals surface area contributed by atoms with Gasteiger partial charge in [0, 0.05) is 12.5 Å². The summed E-state index contributed by atoms with van der Waals surface area (Å²) in [6.45, 7) is 5.01. The van der Waals surface area contributed by atoms with Crippen LogP contribution >= 0.6 is 0 Å². The Balaban J connectivity index is 1.59. The zero-order valence-corrected chi connectivity index (χ0v) is 18.9. The lowest BCUT2D eigenvalue weighted by Gasteiger charge is -2.24. The minimum Gasteiger partial charge on any atom is -0.480 e. The zero-order chi connectivity index (χ0) is 24.1. The quantitative estimate of drug-likeness (QED) is 0.462. The molecule has 0 bridgehead atoms. The van der Waals surface area contributed by atoms with Gasteiger partial charge in [0.05, 0.1) is 12.0 Å². The summed E-state index contributed by atoms with van der Waals surface area (Å²) in [5.41, 5.74) is 4.46. The molecule has 0 fully saturated rings. The summed E-state index contributed by atoms with van der Waals surface area (Å²) in [5.74, 6) is -2.83. The van der Waals surface area contributed by atoms with Crippen molar-refractivity contribution in [3.8, 4) is 11.1 Å². The molecule has 8 heteroatoms. The van der Waals surface area contributed by atoms with Crippen LogP contribution in [0.4, 0.5) is 4.79 Å². The number of amides is 2. The van der Waals surface area contributed by atoms with Crippen LogP contribution in [0.25, 0.3) is 11.1 Å². The first kappa shape index (κ1) is 24.3. The van der Waals surface area contributed by atoms with Gasteiger partial charge in [-0.15, -0.1) is 0 Å². The third-order valence-electron chi connectivity index (χ3n) is 6.00. The summed E-state index contributed by atoms with van der Waals surface area (Å²) in [7, 11) is 0. The van der Waals surface area contributed by atoms with Gasteiger partial charge >= 0.3 is 12.1 Å². The second-order valence-corrected chi connectivity index (χ2v) is 8.62. The fourth-order valence-corrected chi connectivity index (χ4v) is 4.12. The molecular weight excluding hydrogens is 424 g/mol. The number of carboxylic acid groups (broad SMARTS) is 1. The lowest BCUT2D eigenvalue weighted by atomic mass is 9.94. The van der Waals surface area contributed by atoms with Crippen molar-refractivity contribution in [2.75, 3.05) is 13.2 Å². The Kier molecular flexibility index (Phi) is 7.71. The van der Waals surface area contributed by atoms with E-state index in [1.165, 1.54) is 6.92 Å². The van der Waals surface area contributed by atoms with Crippen molar-refractivity contribution < 1.29 is 29.3 Å².